The maximum Gasteiger partial charge on any atom is 0.300 e. The molecular formula is C25H16Cl2FNO5. The van der Waals surface area contributed by atoms with E-state index < -0.39 is 29.3 Å². The van der Waals surface area contributed by atoms with E-state index in [0.717, 1.165) is 4.90 Å². The first-order valence-electron chi connectivity index (χ1n) is 10.3. The number of anilines is 1. The largest absolute Gasteiger partial charge is 0.507 e. The minimum atomic E-state index is -1.24. The summed E-state index contributed by atoms with van der Waals surface area (Å²) >= 11 is 12.2. The number of nitrogens with zero attached hydrogens (tertiary/aromatic N) is 1. The Bertz CT molecular complexity index is 1370. The zero-order valence-corrected chi connectivity index (χ0v) is 18.9. The molecule has 0 bridgehead atoms. The first-order chi connectivity index (χ1) is 16.4. The first kappa shape index (κ1) is 22.3. The zero-order valence-electron chi connectivity index (χ0n) is 17.4. The van der Waals surface area contributed by atoms with Crippen LogP contribution in [0.4, 0.5) is 10.1 Å². The van der Waals surface area contributed by atoms with Gasteiger partial charge in [0.25, 0.3) is 11.7 Å². The van der Waals surface area contributed by atoms with Crippen molar-refractivity contribution in [3.8, 4) is 11.5 Å². The van der Waals surface area contributed by atoms with Crippen LogP contribution in [0.1, 0.15) is 17.2 Å². The van der Waals surface area contributed by atoms with Crippen molar-refractivity contribution < 1.29 is 28.6 Å². The van der Waals surface area contributed by atoms with E-state index in [-0.39, 0.29) is 32.4 Å². The fourth-order valence-corrected chi connectivity index (χ4v) is 4.36. The lowest BCUT2D eigenvalue weighted by atomic mass is 9.94. The number of Topliss-reactive ketones (excluding diaryl/α,β-unsaturated/α-hetero) is 1. The number of aliphatic hydroxyl groups excluding tert-OH is 1. The van der Waals surface area contributed by atoms with E-state index in [1.54, 1.807) is 12.1 Å². The van der Waals surface area contributed by atoms with Gasteiger partial charge in [0.05, 0.1) is 21.7 Å². The first-order valence-corrected chi connectivity index (χ1v) is 11.0. The van der Waals surface area contributed by atoms with Crippen LogP contribution in [0, 0.1) is 5.82 Å². The molecule has 3 aromatic rings. The van der Waals surface area contributed by atoms with Crippen LogP contribution in [-0.4, -0.2) is 30.0 Å². The number of halogens is 3. The van der Waals surface area contributed by atoms with Crippen LogP contribution in [0.15, 0.2) is 66.2 Å². The molecule has 2 heterocycles. The fourth-order valence-electron chi connectivity index (χ4n) is 4.07. The molecule has 1 N–H and O–H groups in total. The van der Waals surface area contributed by atoms with Crippen molar-refractivity contribution in [2.45, 2.75) is 6.04 Å². The van der Waals surface area contributed by atoms with Crippen LogP contribution in [-0.2, 0) is 9.59 Å². The van der Waals surface area contributed by atoms with Gasteiger partial charge in [0.2, 0.25) is 0 Å². The van der Waals surface area contributed by atoms with Crippen molar-refractivity contribution >= 4 is 46.3 Å². The summed E-state index contributed by atoms with van der Waals surface area (Å²) in [6.07, 6.45) is 0. The second-order valence-electron chi connectivity index (χ2n) is 7.65. The molecule has 0 aliphatic carbocycles. The van der Waals surface area contributed by atoms with Gasteiger partial charge >= 0.3 is 0 Å². The monoisotopic (exact) mass is 499 g/mol. The van der Waals surface area contributed by atoms with Crippen LogP contribution in [0.25, 0.3) is 5.76 Å². The quantitative estimate of drug-likeness (QED) is 0.291. The van der Waals surface area contributed by atoms with E-state index in [1.165, 1.54) is 48.5 Å². The molecule has 0 aromatic heterocycles. The lowest BCUT2D eigenvalue weighted by Crippen LogP contribution is -2.29. The summed E-state index contributed by atoms with van der Waals surface area (Å²) < 4.78 is 26.0. The maximum absolute atomic E-state index is 15.0. The number of aliphatic hydroxyl groups is 1. The number of hydrogen-bond acceptors (Lipinski definition) is 5. The Labute approximate surface area is 203 Å². The van der Waals surface area contributed by atoms with Crippen molar-refractivity contribution in [1.29, 1.82) is 0 Å². The molecule has 1 saturated heterocycles. The summed E-state index contributed by atoms with van der Waals surface area (Å²) in [6.45, 7) is 0.717. The van der Waals surface area contributed by atoms with E-state index in [4.69, 9.17) is 32.7 Å². The van der Waals surface area contributed by atoms with Crippen molar-refractivity contribution in [3.05, 3.63) is 93.2 Å². The number of fused-ring (bicyclic) bond motifs is 1. The molecule has 2 aliphatic heterocycles. The van der Waals surface area contributed by atoms with Gasteiger partial charge in [-0.1, -0.05) is 41.4 Å². The Morgan fingerprint density at radius 2 is 1.68 bits per heavy atom. The van der Waals surface area contributed by atoms with Crippen molar-refractivity contribution in [3.63, 3.8) is 0 Å². The molecule has 0 radical (unpaired) electrons. The highest BCUT2D eigenvalue weighted by Crippen LogP contribution is 2.44. The molecule has 1 fully saturated rings. The fraction of sp³-hybridized carbons (Fsp3) is 0.120. The summed E-state index contributed by atoms with van der Waals surface area (Å²) in [5.41, 5.74) is 0.216. The SMILES string of the molecule is O=C1C(=O)N(c2ccc(Cl)c(Cl)c2)C(c2ccccc2F)/C1=C(\O)c1ccc2c(c1)OCCO2. The van der Waals surface area contributed by atoms with Gasteiger partial charge in [-0.3, -0.25) is 14.5 Å². The standard InChI is InChI=1S/C25H16Cl2FNO5/c26-16-7-6-14(12-17(16)27)29-22(15-3-1-2-4-18(15)28)21(24(31)25(29)32)23(30)13-5-8-19-20(11-13)34-10-9-33-19/h1-8,11-12,22,30H,9-10H2/b23-21+. The normalized spacial score (nSPS) is 18.9. The molecule has 5 rings (SSSR count). The molecule has 0 spiro atoms. The van der Waals surface area contributed by atoms with Gasteiger partial charge in [0.15, 0.2) is 11.5 Å². The van der Waals surface area contributed by atoms with Gasteiger partial charge in [-0.2, -0.15) is 0 Å². The summed E-state index contributed by atoms with van der Waals surface area (Å²) in [7, 11) is 0. The summed E-state index contributed by atoms with van der Waals surface area (Å²) in [6, 6.07) is 13.5. The average Bonchev–Trinajstić information content (AvgIpc) is 3.10. The van der Waals surface area contributed by atoms with E-state index >= 15 is 0 Å². The highest BCUT2D eigenvalue weighted by Gasteiger charge is 2.48. The van der Waals surface area contributed by atoms with Crippen LogP contribution in [0.5, 0.6) is 11.5 Å². The topological polar surface area (TPSA) is 76.1 Å². The van der Waals surface area contributed by atoms with Crippen LogP contribution < -0.4 is 14.4 Å². The number of amides is 1. The van der Waals surface area contributed by atoms with Gasteiger partial charge in [-0.05, 0) is 42.5 Å². The maximum atomic E-state index is 15.0. The Kier molecular flexibility index (Phi) is 5.67. The zero-order chi connectivity index (χ0) is 24.0. The molecule has 2 aliphatic rings. The molecule has 3 aromatic carbocycles. The average molecular weight is 500 g/mol. The predicted molar refractivity (Wildman–Crippen MR) is 125 cm³/mol. The van der Waals surface area contributed by atoms with E-state index in [0.29, 0.717) is 24.7 Å². The van der Waals surface area contributed by atoms with E-state index in [1.807, 2.05) is 0 Å². The van der Waals surface area contributed by atoms with Gasteiger partial charge in [0.1, 0.15) is 24.8 Å². The smallest absolute Gasteiger partial charge is 0.300 e. The molecular weight excluding hydrogens is 484 g/mol. The Hall–Kier alpha value is -3.55. The lowest BCUT2D eigenvalue weighted by Gasteiger charge is -2.26. The second-order valence-corrected chi connectivity index (χ2v) is 8.46. The minimum absolute atomic E-state index is 0.0341. The number of carbonyl (C=O) groups excluding carboxylic acids is 2. The van der Waals surface area contributed by atoms with Crippen molar-refractivity contribution in [1.82, 2.24) is 0 Å². The minimum Gasteiger partial charge on any atom is -0.507 e. The summed E-state index contributed by atoms with van der Waals surface area (Å²) in [4.78, 5) is 27.5. The van der Waals surface area contributed by atoms with E-state index in [9.17, 15) is 19.1 Å². The second kappa shape index (κ2) is 8.66. The number of hydrogen-bond donors (Lipinski definition) is 1. The molecule has 1 unspecified atom stereocenters. The van der Waals surface area contributed by atoms with Crippen molar-refractivity contribution in [2.24, 2.45) is 0 Å². The van der Waals surface area contributed by atoms with Gasteiger partial charge < -0.3 is 14.6 Å². The molecule has 172 valence electrons. The summed E-state index contributed by atoms with van der Waals surface area (Å²) in [5.74, 6) is -2.14. The highest BCUT2D eigenvalue weighted by atomic mass is 35.5. The number of carbonyl (C=O) groups is 2. The number of ketones is 1. The molecule has 9 heteroatoms. The third-order valence-corrected chi connectivity index (χ3v) is 6.38. The predicted octanol–water partition coefficient (Wildman–Crippen LogP) is 5.53. The highest BCUT2D eigenvalue weighted by molar-refractivity contribution is 6.52. The molecule has 6 nitrogen and oxygen atoms in total. The van der Waals surface area contributed by atoms with Gasteiger partial charge in [-0.25, -0.2) is 4.39 Å². The Balaban J connectivity index is 1.72. The number of rotatable bonds is 3. The third kappa shape index (κ3) is 3.67. The van der Waals surface area contributed by atoms with Gasteiger partial charge in [0, 0.05) is 16.8 Å². The number of benzene rings is 3. The van der Waals surface area contributed by atoms with Crippen LogP contribution in [0.3, 0.4) is 0 Å². The third-order valence-electron chi connectivity index (χ3n) is 5.64. The Morgan fingerprint density at radius 1 is 0.941 bits per heavy atom. The molecule has 1 atom stereocenters. The molecule has 34 heavy (non-hydrogen) atoms. The molecule has 1 amide bonds. The van der Waals surface area contributed by atoms with Gasteiger partial charge in [-0.15, -0.1) is 0 Å². The Morgan fingerprint density at radius 3 is 2.41 bits per heavy atom. The molecule has 0 saturated carbocycles. The van der Waals surface area contributed by atoms with Crippen LogP contribution >= 0.6 is 23.2 Å². The lowest BCUT2D eigenvalue weighted by molar-refractivity contribution is -0.132. The van der Waals surface area contributed by atoms with E-state index in [2.05, 4.69) is 0 Å². The van der Waals surface area contributed by atoms with Crippen LogP contribution in [0.2, 0.25) is 10.0 Å². The summed E-state index contributed by atoms with van der Waals surface area (Å²) in [5, 5.41) is 11.6. The number of ether oxygens (including phenoxy) is 2. The van der Waals surface area contributed by atoms with Crippen molar-refractivity contribution in [2.75, 3.05) is 18.1 Å².